The molecule has 3 aromatic heterocycles. The summed E-state index contributed by atoms with van der Waals surface area (Å²) in [7, 11) is 1.62. The third-order valence-corrected chi connectivity index (χ3v) is 3.74. The molecule has 7 heteroatoms. The lowest BCUT2D eigenvalue weighted by molar-refractivity contribution is 0.411. The van der Waals surface area contributed by atoms with Crippen molar-refractivity contribution in [3.63, 3.8) is 0 Å². The number of benzene rings is 1. The van der Waals surface area contributed by atoms with Gasteiger partial charge in [-0.3, -0.25) is 9.55 Å². The summed E-state index contributed by atoms with van der Waals surface area (Å²) in [6, 6.07) is 7.48. The zero-order chi connectivity index (χ0) is 15.3. The second-order valence-electron chi connectivity index (χ2n) is 5.06. The van der Waals surface area contributed by atoms with E-state index in [-0.39, 0.29) is 5.69 Å². The van der Waals surface area contributed by atoms with Gasteiger partial charge in [-0.05, 0) is 36.8 Å². The molecule has 0 bridgehead atoms. The number of nitrogens with one attached hydrogen (secondary N) is 2. The Morgan fingerprint density at radius 2 is 2.00 bits per heavy atom. The standard InChI is InChI=1S/C15H13N5O2/c1-8-7-9(3-4-11(8)22-2)20-12-10-5-6-16-13(10)18-19-14(12)17-15(20)21/h3-7H,1-2H3,(H,16,18)(H,17,19,21). The molecule has 3 heterocycles. The smallest absolute Gasteiger partial charge is 0.332 e. The van der Waals surface area contributed by atoms with E-state index in [2.05, 4.69) is 20.2 Å². The van der Waals surface area contributed by atoms with Crippen LogP contribution >= 0.6 is 0 Å². The SMILES string of the molecule is COc1ccc(-n2c(=O)[nH]c3nnc4[nH]ccc4c32)cc1C. The van der Waals surface area contributed by atoms with E-state index in [9.17, 15) is 4.79 Å². The van der Waals surface area contributed by atoms with Crippen LogP contribution in [0, 0.1) is 6.92 Å². The quantitative estimate of drug-likeness (QED) is 0.591. The number of aryl methyl sites for hydroxylation is 1. The molecule has 0 saturated heterocycles. The van der Waals surface area contributed by atoms with Gasteiger partial charge in [0.05, 0.1) is 12.8 Å². The fourth-order valence-corrected chi connectivity index (χ4v) is 2.73. The highest BCUT2D eigenvalue weighted by molar-refractivity contribution is 5.99. The molecule has 0 aliphatic carbocycles. The van der Waals surface area contributed by atoms with Gasteiger partial charge < -0.3 is 9.72 Å². The van der Waals surface area contributed by atoms with E-state index in [0.29, 0.717) is 16.8 Å². The van der Waals surface area contributed by atoms with Gasteiger partial charge in [-0.25, -0.2) is 4.79 Å². The average molecular weight is 295 g/mol. The van der Waals surface area contributed by atoms with Crippen molar-refractivity contribution in [3.05, 3.63) is 46.5 Å². The maximum absolute atomic E-state index is 12.4. The van der Waals surface area contributed by atoms with Crippen LogP contribution in [0.15, 0.2) is 35.3 Å². The predicted octanol–water partition coefficient (Wildman–Crippen LogP) is 1.91. The highest BCUT2D eigenvalue weighted by Crippen LogP contribution is 2.25. The molecule has 1 aromatic carbocycles. The molecule has 2 N–H and O–H groups in total. The fourth-order valence-electron chi connectivity index (χ4n) is 2.73. The second kappa shape index (κ2) is 4.45. The number of fused-ring (bicyclic) bond motifs is 3. The lowest BCUT2D eigenvalue weighted by atomic mass is 10.2. The van der Waals surface area contributed by atoms with Crippen LogP contribution in [0.25, 0.3) is 27.9 Å². The maximum atomic E-state index is 12.4. The van der Waals surface area contributed by atoms with Gasteiger partial charge in [0.15, 0.2) is 11.3 Å². The third-order valence-electron chi connectivity index (χ3n) is 3.74. The number of hydrogen-bond acceptors (Lipinski definition) is 4. The first-order valence-electron chi connectivity index (χ1n) is 6.78. The van der Waals surface area contributed by atoms with E-state index in [4.69, 9.17) is 4.74 Å². The van der Waals surface area contributed by atoms with Crippen molar-refractivity contribution in [1.82, 2.24) is 24.7 Å². The summed E-state index contributed by atoms with van der Waals surface area (Å²) in [4.78, 5) is 18.1. The summed E-state index contributed by atoms with van der Waals surface area (Å²) in [6.45, 7) is 1.94. The number of rotatable bonds is 2. The van der Waals surface area contributed by atoms with Gasteiger partial charge in [0.2, 0.25) is 0 Å². The van der Waals surface area contributed by atoms with Crippen LogP contribution in [0.4, 0.5) is 0 Å². The molecule has 0 aliphatic heterocycles. The molecule has 22 heavy (non-hydrogen) atoms. The van der Waals surface area contributed by atoms with E-state index in [1.54, 1.807) is 17.9 Å². The molecular weight excluding hydrogens is 282 g/mol. The Labute approximate surface area is 124 Å². The van der Waals surface area contributed by atoms with Gasteiger partial charge in [-0.1, -0.05) is 0 Å². The van der Waals surface area contributed by atoms with Crippen LogP contribution in [0.2, 0.25) is 0 Å². The Bertz CT molecular complexity index is 1060. The molecule has 7 nitrogen and oxygen atoms in total. The van der Waals surface area contributed by atoms with Crippen molar-refractivity contribution in [3.8, 4) is 11.4 Å². The minimum atomic E-state index is -0.248. The largest absolute Gasteiger partial charge is 0.496 e. The van der Waals surface area contributed by atoms with Crippen LogP contribution in [0.3, 0.4) is 0 Å². The normalized spacial score (nSPS) is 11.4. The fraction of sp³-hybridized carbons (Fsp3) is 0.133. The first-order valence-corrected chi connectivity index (χ1v) is 6.78. The van der Waals surface area contributed by atoms with Crippen molar-refractivity contribution in [2.45, 2.75) is 6.92 Å². The lowest BCUT2D eigenvalue weighted by Gasteiger charge is -2.08. The number of aromatic nitrogens is 5. The van der Waals surface area contributed by atoms with E-state index in [0.717, 1.165) is 22.4 Å². The van der Waals surface area contributed by atoms with Crippen molar-refractivity contribution >= 4 is 22.2 Å². The van der Waals surface area contributed by atoms with Crippen LogP contribution in [-0.2, 0) is 0 Å². The van der Waals surface area contributed by atoms with Gasteiger partial charge in [-0.2, -0.15) is 0 Å². The molecule has 0 amide bonds. The molecule has 0 aliphatic rings. The summed E-state index contributed by atoms with van der Waals surface area (Å²) in [6.07, 6.45) is 1.78. The number of ether oxygens (including phenoxy) is 1. The summed E-state index contributed by atoms with van der Waals surface area (Å²) < 4.78 is 6.87. The highest BCUT2D eigenvalue weighted by atomic mass is 16.5. The molecule has 110 valence electrons. The maximum Gasteiger partial charge on any atom is 0.332 e. The minimum absolute atomic E-state index is 0.248. The molecule has 0 unspecified atom stereocenters. The summed E-state index contributed by atoms with van der Waals surface area (Å²) in [5, 5.41) is 8.96. The Hall–Kier alpha value is -3.09. The molecule has 0 atom stereocenters. The van der Waals surface area contributed by atoms with E-state index in [1.165, 1.54) is 0 Å². The molecule has 0 saturated carbocycles. The van der Waals surface area contributed by atoms with Crippen molar-refractivity contribution in [1.29, 1.82) is 0 Å². The molecule has 4 aromatic rings. The van der Waals surface area contributed by atoms with E-state index < -0.39 is 0 Å². The lowest BCUT2D eigenvalue weighted by Crippen LogP contribution is -2.14. The zero-order valence-electron chi connectivity index (χ0n) is 12.0. The second-order valence-corrected chi connectivity index (χ2v) is 5.06. The third kappa shape index (κ3) is 1.65. The first kappa shape index (κ1) is 12.6. The Kier molecular flexibility index (Phi) is 2.56. The van der Waals surface area contributed by atoms with Crippen LogP contribution in [-0.4, -0.2) is 31.8 Å². The monoisotopic (exact) mass is 295 g/mol. The minimum Gasteiger partial charge on any atom is -0.496 e. The van der Waals surface area contributed by atoms with Crippen LogP contribution < -0.4 is 10.4 Å². The van der Waals surface area contributed by atoms with Gasteiger partial charge in [0.25, 0.3) is 0 Å². The van der Waals surface area contributed by atoms with Gasteiger partial charge in [-0.15, -0.1) is 10.2 Å². The molecule has 0 spiro atoms. The average Bonchev–Trinajstić information content (AvgIpc) is 3.09. The highest BCUT2D eigenvalue weighted by Gasteiger charge is 2.15. The number of nitrogens with zero attached hydrogens (tertiary/aromatic N) is 3. The van der Waals surface area contributed by atoms with Crippen molar-refractivity contribution in [2.75, 3.05) is 7.11 Å². The Balaban J connectivity index is 2.09. The summed E-state index contributed by atoms with van der Waals surface area (Å²) >= 11 is 0. The van der Waals surface area contributed by atoms with Crippen molar-refractivity contribution < 1.29 is 4.74 Å². The number of H-pyrrole nitrogens is 2. The molecule has 0 fully saturated rings. The van der Waals surface area contributed by atoms with Gasteiger partial charge in [0, 0.05) is 11.6 Å². The number of imidazole rings is 1. The van der Waals surface area contributed by atoms with Gasteiger partial charge >= 0.3 is 5.69 Å². The molecule has 4 rings (SSSR count). The number of hydrogen-bond donors (Lipinski definition) is 2. The first-order chi connectivity index (χ1) is 10.7. The van der Waals surface area contributed by atoms with E-state index >= 15 is 0 Å². The Morgan fingerprint density at radius 3 is 2.77 bits per heavy atom. The van der Waals surface area contributed by atoms with Crippen molar-refractivity contribution in [2.24, 2.45) is 0 Å². The topological polar surface area (TPSA) is 88.6 Å². The van der Waals surface area contributed by atoms with Crippen LogP contribution in [0.1, 0.15) is 5.56 Å². The van der Waals surface area contributed by atoms with Crippen LogP contribution in [0.5, 0.6) is 5.75 Å². The summed E-state index contributed by atoms with van der Waals surface area (Å²) in [5.41, 5.74) is 3.28. The Morgan fingerprint density at radius 1 is 1.18 bits per heavy atom. The van der Waals surface area contributed by atoms with Gasteiger partial charge in [0.1, 0.15) is 11.3 Å². The zero-order valence-corrected chi connectivity index (χ0v) is 12.0. The number of aromatic amines is 2. The summed E-state index contributed by atoms with van der Waals surface area (Å²) in [5.74, 6) is 0.781. The number of methoxy groups -OCH3 is 1. The molecule has 0 radical (unpaired) electrons. The molecular formula is C15H13N5O2. The van der Waals surface area contributed by atoms with E-state index in [1.807, 2.05) is 31.2 Å². The predicted molar refractivity (Wildman–Crippen MR) is 82.6 cm³/mol.